The van der Waals surface area contributed by atoms with Crippen LogP contribution in [0.25, 0.3) is 10.2 Å². The summed E-state index contributed by atoms with van der Waals surface area (Å²) in [5, 5.41) is 6.82. The van der Waals surface area contributed by atoms with Crippen LogP contribution in [0, 0.1) is 5.92 Å². The third-order valence-corrected chi connectivity index (χ3v) is 3.83. The molecule has 0 aromatic carbocycles. The average molecular weight is 284 g/mol. The number of aromatic nitrogens is 2. The van der Waals surface area contributed by atoms with Crippen molar-refractivity contribution in [2.45, 2.75) is 39.7 Å². The van der Waals surface area contributed by atoms with Gasteiger partial charge in [-0.2, -0.15) is 0 Å². The van der Waals surface area contributed by atoms with Gasteiger partial charge in [-0.1, -0.05) is 13.8 Å². The van der Waals surface area contributed by atoms with Crippen molar-refractivity contribution in [3.05, 3.63) is 16.7 Å². The molecule has 0 saturated heterocycles. The zero-order chi connectivity index (χ0) is 13.1. The maximum absolute atomic E-state index is 5.94. The Morgan fingerprint density at radius 1 is 1.28 bits per heavy atom. The Kier molecular flexibility index (Phi) is 4.40. The van der Waals surface area contributed by atoms with Crippen LogP contribution in [0.2, 0.25) is 5.28 Å². The van der Waals surface area contributed by atoms with E-state index in [1.54, 1.807) is 11.3 Å². The lowest BCUT2D eigenvalue weighted by Gasteiger charge is -2.16. The summed E-state index contributed by atoms with van der Waals surface area (Å²) < 4.78 is 0. The number of nitrogens with zero attached hydrogens (tertiary/aromatic N) is 2. The van der Waals surface area contributed by atoms with Crippen molar-refractivity contribution >= 4 is 39.0 Å². The van der Waals surface area contributed by atoms with Crippen LogP contribution in [-0.4, -0.2) is 16.0 Å². The van der Waals surface area contributed by atoms with Crippen molar-refractivity contribution in [2.24, 2.45) is 5.92 Å². The standard InChI is InChI=1S/C13H18ClN3S/c1-8(2)4-5-9(3)15-11-10-6-7-18-12(10)17-13(14)16-11/h6-9H,4-5H2,1-3H3,(H,15,16,17). The first kappa shape index (κ1) is 13.6. The topological polar surface area (TPSA) is 37.8 Å². The molecular formula is C13H18ClN3S. The monoisotopic (exact) mass is 283 g/mol. The van der Waals surface area contributed by atoms with Gasteiger partial charge in [0.1, 0.15) is 10.6 Å². The van der Waals surface area contributed by atoms with Gasteiger partial charge in [0.2, 0.25) is 5.28 Å². The summed E-state index contributed by atoms with van der Waals surface area (Å²) in [4.78, 5) is 9.44. The van der Waals surface area contributed by atoms with E-state index in [1.807, 2.05) is 11.4 Å². The van der Waals surface area contributed by atoms with Crippen molar-refractivity contribution in [1.29, 1.82) is 0 Å². The second-order valence-electron chi connectivity index (χ2n) is 5.00. The number of hydrogen-bond donors (Lipinski definition) is 1. The number of hydrogen-bond acceptors (Lipinski definition) is 4. The Labute approximate surface area is 117 Å². The summed E-state index contributed by atoms with van der Waals surface area (Å²) in [5.74, 6) is 1.58. The molecule has 0 aliphatic rings. The largest absolute Gasteiger partial charge is 0.367 e. The van der Waals surface area contributed by atoms with Gasteiger partial charge in [-0.15, -0.1) is 11.3 Å². The van der Waals surface area contributed by atoms with Crippen molar-refractivity contribution in [1.82, 2.24) is 9.97 Å². The SMILES string of the molecule is CC(C)CCC(C)Nc1nc(Cl)nc2sccc12. The third kappa shape index (κ3) is 3.33. The molecule has 98 valence electrons. The minimum atomic E-state index is 0.309. The maximum Gasteiger partial charge on any atom is 0.225 e. The fourth-order valence-corrected chi connectivity index (χ4v) is 2.81. The van der Waals surface area contributed by atoms with Crippen molar-refractivity contribution < 1.29 is 0 Å². The predicted molar refractivity (Wildman–Crippen MR) is 79.6 cm³/mol. The van der Waals surface area contributed by atoms with Crippen molar-refractivity contribution in [3.8, 4) is 0 Å². The molecule has 2 rings (SSSR count). The van der Waals surface area contributed by atoms with Crippen LogP contribution in [0.1, 0.15) is 33.6 Å². The van der Waals surface area contributed by atoms with Gasteiger partial charge in [0.05, 0.1) is 5.39 Å². The number of anilines is 1. The Bertz CT molecular complexity index is 524. The summed E-state index contributed by atoms with van der Waals surface area (Å²) in [6, 6.07) is 2.43. The Balaban J connectivity index is 2.13. The van der Waals surface area contributed by atoms with Crippen LogP contribution in [0.3, 0.4) is 0 Å². The van der Waals surface area contributed by atoms with E-state index in [0.29, 0.717) is 11.3 Å². The summed E-state index contributed by atoms with van der Waals surface area (Å²) in [5.41, 5.74) is 0. The molecule has 0 bridgehead atoms. The number of halogens is 1. The van der Waals surface area contributed by atoms with E-state index in [1.165, 1.54) is 6.42 Å². The molecule has 5 heteroatoms. The summed E-state index contributed by atoms with van der Waals surface area (Å²) in [6.07, 6.45) is 2.34. The molecule has 0 saturated carbocycles. The lowest BCUT2D eigenvalue weighted by Crippen LogP contribution is -2.17. The van der Waals surface area contributed by atoms with Crippen molar-refractivity contribution in [2.75, 3.05) is 5.32 Å². The molecule has 0 aliphatic heterocycles. The van der Waals surface area contributed by atoms with Gasteiger partial charge < -0.3 is 5.32 Å². The van der Waals surface area contributed by atoms with E-state index < -0.39 is 0 Å². The van der Waals surface area contributed by atoms with E-state index in [9.17, 15) is 0 Å². The highest BCUT2D eigenvalue weighted by atomic mass is 35.5. The van der Waals surface area contributed by atoms with Crippen LogP contribution in [0.15, 0.2) is 11.4 Å². The van der Waals surface area contributed by atoms with Crippen LogP contribution < -0.4 is 5.32 Å². The van der Waals surface area contributed by atoms with Gasteiger partial charge in [-0.25, -0.2) is 9.97 Å². The Morgan fingerprint density at radius 3 is 2.78 bits per heavy atom. The highest BCUT2D eigenvalue weighted by molar-refractivity contribution is 7.16. The second-order valence-corrected chi connectivity index (χ2v) is 6.23. The second kappa shape index (κ2) is 5.85. The zero-order valence-corrected chi connectivity index (χ0v) is 12.5. The average Bonchev–Trinajstić information content (AvgIpc) is 2.74. The molecule has 18 heavy (non-hydrogen) atoms. The van der Waals surface area contributed by atoms with Gasteiger partial charge >= 0.3 is 0 Å². The first-order valence-corrected chi connectivity index (χ1v) is 7.49. The van der Waals surface area contributed by atoms with E-state index in [2.05, 4.69) is 36.1 Å². The Hall–Kier alpha value is -0.870. The molecule has 2 aromatic rings. The molecule has 3 nitrogen and oxygen atoms in total. The fraction of sp³-hybridized carbons (Fsp3) is 0.538. The molecule has 0 fully saturated rings. The van der Waals surface area contributed by atoms with E-state index in [0.717, 1.165) is 28.4 Å². The normalized spacial score (nSPS) is 13.2. The molecule has 0 amide bonds. The summed E-state index contributed by atoms with van der Waals surface area (Å²) in [6.45, 7) is 6.66. The zero-order valence-electron chi connectivity index (χ0n) is 10.9. The molecule has 1 atom stereocenters. The molecule has 0 aliphatic carbocycles. The number of thiophene rings is 1. The first-order valence-electron chi connectivity index (χ1n) is 6.23. The third-order valence-electron chi connectivity index (χ3n) is 2.86. The summed E-state index contributed by atoms with van der Waals surface area (Å²) >= 11 is 7.52. The predicted octanol–water partition coefficient (Wildman–Crippen LogP) is 4.58. The quantitative estimate of drug-likeness (QED) is 0.816. The van der Waals surface area contributed by atoms with Gasteiger partial charge in [0, 0.05) is 6.04 Å². The van der Waals surface area contributed by atoms with Crippen LogP contribution >= 0.6 is 22.9 Å². The molecule has 2 heterocycles. The van der Waals surface area contributed by atoms with E-state index >= 15 is 0 Å². The molecule has 0 radical (unpaired) electrons. The minimum Gasteiger partial charge on any atom is -0.367 e. The fourth-order valence-electron chi connectivity index (χ4n) is 1.83. The molecular weight excluding hydrogens is 266 g/mol. The van der Waals surface area contributed by atoms with Gasteiger partial charge in [0.25, 0.3) is 0 Å². The van der Waals surface area contributed by atoms with Gasteiger partial charge in [0.15, 0.2) is 0 Å². The highest BCUT2D eigenvalue weighted by Gasteiger charge is 2.10. The smallest absolute Gasteiger partial charge is 0.225 e. The van der Waals surface area contributed by atoms with Crippen LogP contribution in [-0.2, 0) is 0 Å². The number of nitrogens with one attached hydrogen (secondary N) is 1. The highest BCUT2D eigenvalue weighted by Crippen LogP contribution is 2.27. The molecule has 1 unspecified atom stereocenters. The van der Waals surface area contributed by atoms with Gasteiger partial charge in [-0.3, -0.25) is 0 Å². The maximum atomic E-state index is 5.94. The lowest BCUT2D eigenvalue weighted by atomic mass is 10.0. The summed E-state index contributed by atoms with van der Waals surface area (Å²) in [7, 11) is 0. The minimum absolute atomic E-state index is 0.309. The van der Waals surface area contributed by atoms with E-state index in [-0.39, 0.29) is 0 Å². The lowest BCUT2D eigenvalue weighted by molar-refractivity contribution is 0.527. The Morgan fingerprint density at radius 2 is 2.06 bits per heavy atom. The first-order chi connectivity index (χ1) is 8.56. The van der Waals surface area contributed by atoms with Crippen molar-refractivity contribution in [3.63, 3.8) is 0 Å². The van der Waals surface area contributed by atoms with Crippen LogP contribution in [0.4, 0.5) is 5.82 Å². The van der Waals surface area contributed by atoms with Crippen LogP contribution in [0.5, 0.6) is 0 Å². The molecule has 1 N–H and O–H groups in total. The van der Waals surface area contributed by atoms with Gasteiger partial charge in [-0.05, 0) is 48.7 Å². The molecule has 2 aromatic heterocycles. The number of fused-ring (bicyclic) bond motifs is 1. The number of rotatable bonds is 5. The van der Waals surface area contributed by atoms with E-state index in [4.69, 9.17) is 11.6 Å². The molecule has 0 spiro atoms.